The number of ether oxygens (including phenoxy) is 3. The number of methoxy groups -OCH3 is 1. The number of carbonyl (C=O) groups excluding carboxylic acids is 1. The van der Waals surface area contributed by atoms with Crippen molar-refractivity contribution in [2.45, 2.75) is 69.9 Å². The average molecular weight is 596 g/mol. The summed E-state index contributed by atoms with van der Waals surface area (Å²) in [6, 6.07) is 18.5. The van der Waals surface area contributed by atoms with Crippen LogP contribution in [0.2, 0.25) is 10.0 Å². The van der Waals surface area contributed by atoms with Gasteiger partial charge in [0.1, 0.15) is 29.7 Å². The highest BCUT2D eigenvalue weighted by Crippen LogP contribution is 2.43. The van der Waals surface area contributed by atoms with Gasteiger partial charge in [0.15, 0.2) is 0 Å². The minimum Gasteiger partial charge on any atom is -0.486 e. The molecule has 3 aromatic rings. The van der Waals surface area contributed by atoms with Gasteiger partial charge in [-0.3, -0.25) is 9.69 Å². The molecule has 0 bridgehead atoms. The predicted octanol–water partition coefficient (Wildman–Crippen LogP) is 7.55. The van der Waals surface area contributed by atoms with Crippen LogP contribution in [-0.4, -0.2) is 43.7 Å². The quantitative estimate of drug-likeness (QED) is 0.263. The summed E-state index contributed by atoms with van der Waals surface area (Å²) in [6.45, 7) is 3.69. The molecule has 3 atom stereocenters. The van der Waals surface area contributed by atoms with Gasteiger partial charge in [-0.05, 0) is 84.3 Å². The van der Waals surface area contributed by atoms with Gasteiger partial charge in [0, 0.05) is 32.6 Å². The maximum Gasteiger partial charge on any atom is 0.323 e. The van der Waals surface area contributed by atoms with Crippen LogP contribution in [0.15, 0.2) is 54.6 Å². The Balaban J connectivity index is 1.20. The van der Waals surface area contributed by atoms with E-state index in [-0.39, 0.29) is 24.2 Å². The second-order valence-corrected chi connectivity index (χ2v) is 12.1. The standard InChI is InChI=1S/C33H36Cl2N2O4/c1-4-30(21-7-12-26(34)27(35)15-21)40-25-10-5-20(6-11-25)31-13-14-36(2)28-16-22-17-29(33(38)39-3)37(24-8-9-24)19-23(22)18-32(28)41-31/h5-7,10-12,15-16,18,24,29-31H,4,8-9,13-14,17,19H2,1-3H3/t29-,30+,31+/m0/s1. The van der Waals surface area contributed by atoms with E-state index >= 15 is 0 Å². The fourth-order valence-electron chi connectivity index (χ4n) is 6.06. The number of fused-ring (bicyclic) bond motifs is 2. The Bertz CT molecular complexity index is 1430. The molecule has 2 heterocycles. The van der Waals surface area contributed by atoms with Crippen molar-refractivity contribution >= 4 is 34.9 Å². The van der Waals surface area contributed by atoms with Crippen molar-refractivity contribution in [1.29, 1.82) is 0 Å². The molecule has 1 fully saturated rings. The van der Waals surface area contributed by atoms with Crippen LogP contribution in [0.4, 0.5) is 5.69 Å². The summed E-state index contributed by atoms with van der Waals surface area (Å²) >= 11 is 12.4. The van der Waals surface area contributed by atoms with Gasteiger partial charge >= 0.3 is 5.97 Å². The van der Waals surface area contributed by atoms with Gasteiger partial charge in [-0.25, -0.2) is 0 Å². The van der Waals surface area contributed by atoms with Crippen molar-refractivity contribution < 1.29 is 19.0 Å². The minimum absolute atomic E-state index is 0.0752. The number of halogens is 2. The molecule has 3 aliphatic rings. The summed E-state index contributed by atoms with van der Waals surface area (Å²) < 4.78 is 18.2. The van der Waals surface area contributed by atoms with Crippen LogP contribution in [-0.2, 0) is 22.5 Å². The zero-order valence-corrected chi connectivity index (χ0v) is 25.3. The molecule has 1 aliphatic carbocycles. The van der Waals surface area contributed by atoms with Crippen molar-refractivity contribution in [2.24, 2.45) is 0 Å². The Kier molecular flexibility index (Phi) is 8.08. The molecule has 41 heavy (non-hydrogen) atoms. The monoisotopic (exact) mass is 594 g/mol. The molecule has 0 N–H and O–H groups in total. The molecule has 0 radical (unpaired) electrons. The summed E-state index contributed by atoms with van der Waals surface area (Å²) in [7, 11) is 3.59. The molecule has 0 spiro atoms. The number of rotatable bonds is 7. The Morgan fingerprint density at radius 1 is 1.02 bits per heavy atom. The van der Waals surface area contributed by atoms with E-state index in [1.54, 1.807) is 0 Å². The Morgan fingerprint density at radius 2 is 1.80 bits per heavy atom. The fraction of sp³-hybridized carbons (Fsp3) is 0.424. The SMILES string of the molecule is CC[C@@H](Oc1ccc([C@H]2CCN(C)c3cc4c(cc3O2)CN(C2CC2)[C@H](C(=O)OC)C4)cc1)c1ccc(Cl)c(Cl)c1. The molecular weight excluding hydrogens is 559 g/mol. The van der Waals surface area contributed by atoms with E-state index in [1.165, 1.54) is 18.2 Å². The molecule has 3 aromatic carbocycles. The van der Waals surface area contributed by atoms with Crippen molar-refractivity contribution in [3.63, 3.8) is 0 Å². The lowest BCUT2D eigenvalue weighted by molar-refractivity contribution is -0.148. The van der Waals surface area contributed by atoms with Crippen LogP contribution in [0.3, 0.4) is 0 Å². The van der Waals surface area contributed by atoms with Gasteiger partial charge in [0.05, 0.1) is 22.8 Å². The molecule has 0 amide bonds. The molecule has 0 aromatic heterocycles. The summed E-state index contributed by atoms with van der Waals surface area (Å²) in [4.78, 5) is 17.2. The number of anilines is 1. The molecule has 6 rings (SSSR count). The molecule has 0 saturated heterocycles. The van der Waals surface area contributed by atoms with Gasteiger partial charge in [0.25, 0.3) is 0 Å². The Hall–Kier alpha value is -2.93. The van der Waals surface area contributed by atoms with E-state index in [4.69, 9.17) is 37.4 Å². The number of esters is 1. The third-order valence-electron chi connectivity index (χ3n) is 8.56. The number of carbonyl (C=O) groups is 1. The highest BCUT2D eigenvalue weighted by Gasteiger charge is 2.41. The maximum atomic E-state index is 12.6. The Labute approximate surface area is 252 Å². The predicted molar refractivity (Wildman–Crippen MR) is 162 cm³/mol. The van der Waals surface area contributed by atoms with Gasteiger partial charge < -0.3 is 19.1 Å². The van der Waals surface area contributed by atoms with Gasteiger partial charge in [-0.1, -0.05) is 48.3 Å². The van der Waals surface area contributed by atoms with Crippen molar-refractivity contribution in [2.75, 3.05) is 25.6 Å². The van der Waals surface area contributed by atoms with Crippen LogP contribution < -0.4 is 14.4 Å². The second kappa shape index (κ2) is 11.7. The third-order valence-corrected chi connectivity index (χ3v) is 9.30. The largest absolute Gasteiger partial charge is 0.486 e. The van der Waals surface area contributed by atoms with Crippen LogP contribution in [0.1, 0.15) is 67.1 Å². The maximum absolute atomic E-state index is 12.6. The van der Waals surface area contributed by atoms with Crippen LogP contribution in [0.25, 0.3) is 0 Å². The summed E-state index contributed by atoms with van der Waals surface area (Å²) in [5.74, 6) is 1.55. The molecule has 8 heteroatoms. The van der Waals surface area contributed by atoms with Crippen LogP contribution in [0, 0.1) is 0 Å². The molecule has 216 valence electrons. The van der Waals surface area contributed by atoms with E-state index in [2.05, 4.69) is 48.0 Å². The van der Waals surface area contributed by atoms with Crippen molar-refractivity contribution in [3.05, 3.63) is 86.9 Å². The van der Waals surface area contributed by atoms with Crippen molar-refractivity contribution in [1.82, 2.24) is 4.90 Å². The Morgan fingerprint density at radius 3 is 2.49 bits per heavy atom. The third kappa shape index (κ3) is 5.88. The average Bonchev–Trinajstić information content (AvgIpc) is 3.84. The van der Waals surface area contributed by atoms with E-state index < -0.39 is 0 Å². The van der Waals surface area contributed by atoms with Crippen LogP contribution in [0.5, 0.6) is 11.5 Å². The van der Waals surface area contributed by atoms with E-state index in [9.17, 15) is 4.79 Å². The van der Waals surface area contributed by atoms with E-state index in [0.29, 0.717) is 22.5 Å². The molecule has 1 saturated carbocycles. The number of hydrogen-bond donors (Lipinski definition) is 0. The lowest BCUT2D eigenvalue weighted by Gasteiger charge is -2.36. The van der Waals surface area contributed by atoms with E-state index in [1.807, 2.05) is 30.3 Å². The summed E-state index contributed by atoms with van der Waals surface area (Å²) in [5.41, 5.74) is 5.63. The first-order chi connectivity index (χ1) is 19.8. The second-order valence-electron chi connectivity index (χ2n) is 11.3. The number of hydrogen-bond acceptors (Lipinski definition) is 6. The molecule has 2 aliphatic heterocycles. The number of benzene rings is 3. The molecule has 6 nitrogen and oxygen atoms in total. The normalized spacial score (nSPS) is 21.2. The van der Waals surface area contributed by atoms with E-state index in [0.717, 1.165) is 67.1 Å². The molecule has 0 unspecified atom stereocenters. The lowest BCUT2D eigenvalue weighted by atomic mass is 9.92. The smallest absolute Gasteiger partial charge is 0.323 e. The first-order valence-electron chi connectivity index (χ1n) is 14.4. The van der Waals surface area contributed by atoms with Gasteiger partial charge in [0.2, 0.25) is 0 Å². The first-order valence-corrected chi connectivity index (χ1v) is 15.2. The highest BCUT2D eigenvalue weighted by molar-refractivity contribution is 6.42. The highest BCUT2D eigenvalue weighted by atomic mass is 35.5. The minimum atomic E-state index is -0.215. The zero-order chi connectivity index (χ0) is 28.7. The fourth-order valence-corrected chi connectivity index (χ4v) is 6.37. The summed E-state index contributed by atoms with van der Waals surface area (Å²) in [6.07, 6.45) is 4.42. The lowest BCUT2D eigenvalue weighted by Crippen LogP contribution is -2.47. The summed E-state index contributed by atoms with van der Waals surface area (Å²) in [5, 5.41) is 1.07. The number of nitrogens with zero attached hydrogens (tertiary/aromatic N) is 2. The van der Waals surface area contributed by atoms with Gasteiger partial charge in [-0.2, -0.15) is 0 Å². The van der Waals surface area contributed by atoms with Gasteiger partial charge in [-0.15, -0.1) is 0 Å². The molecular formula is C33H36Cl2N2O4. The zero-order valence-electron chi connectivity index (χ0n) is 23.7. The topological polar surface area (TPSA) is 51.2 Å². The first kappa shape index (κ1) is 28.2. The van der Waals surface area contributed by atoms with Crippen LogP contribution >= 0.6 is 23.2 Å². The van der Waals surface area contributed by atoms with Crippen molar-refractivity contribution in [3.8, 4) is 11.5 Å².